The summed E-state index contributed by atoms with van der Waals surface area (Å²) in [6.45, 7) is 14.3. The van der Waals surface area contributed by atoms with Gasteiger partial charge >= 0.3 is 0 Å². The fourth-order valence-corrected chi connectivity index (χ4v) is 2.51. The third kappa shape index (κ3) is 4.40. The minimum atomic E-state index is 0.164. The third-order valence-electron chi connectivity index (χ3n) is 3.39. The van der Waals surface area contributed by atoms with E-state index in [-0.39, 0.29) is 5.41 Å². The third-order valence-corrected chi connectivity index (χ3v) is 4.24. The summed E-state index contributed by atoms with van der Waals surface area (Å²) in [6.07, 6.45) is 1.22. The molecule has 17 heavy (non-hydrogen) atoms. The molecule has 1 aromatic heterocycles. The van der Waals surface area contributed by atoms with Crippen molar-refractivity contribution in [2.24, 2.45) is 5.92 Å². The zero-order valence-corrected chi connectivity index (χ0v) is 12.8. The molecule has 0 aliphatic rings. The van der Waals surface area contributed by atoms with Crippen LogP contribution in [-0.2, 0) is 12.0 Å². The highest BCUT2D eigenvalue weighted by molar-refractivity contribution is 7.09. The van der Waals surface area contributed by atoms with E-state index in [1.807, 2.05) is 0 Å². The first-order valence-corrected chi connectivity index (χ1v) is 7.40. The van der Waals surface area contributed by atoms with Gasteiger partial charge in [-0.15, -0.1) is 11.3 Å². The fourth-order valence-electron chi connectivity index (χ4n) is 1.54. The molecule has 98 valence electrons. The van der Waals surface area contributed by atoms with Gasteiger partial charge in [0.05, 0.1) is 5.69 Å². The molecule has 0 aromatic carbocycles. The maximum atomic E-state index is 4.69. The van der Waals surface area contributed by atoms with Crippen molar-refractivity contribution >= 4 is 11.3 Å². The molecule has 1 rings (SSSR count). The van der Waals surface area contributed by atoms with E-state index in [1.54, 1.807) is 11.3 Å². The van der Waals surface area contributed by atoms with Gasteiger partial charge in [-0.1, -0.05) is 41.0 Å². The number of hydrogen-bond acceptors (Lipinski definition) is 3. The molecule has 1 N–H and O–H groups in total. The van der Waals surface area contributed by atoms with Crippen molar-refractivity contribution in [3.8, 4) is 0 Å². The van der Waals surface area contributed by atoms with E-state index in [0.29, 0.717) is 6.04 Å². The molecule has 2 unspecified atom stereocenters. The lowest BCUT2D eigenvalue weighted by atomic mass is 9.93. The van der Waals surface area contributed by atoms with Crippen molar-refractivity contribution in [3.05, 3.63) is 16.1 Å². The Labute approximate surface area is 110 Å². The van der Waals surface area contributed by atoms with E-state index in [1.165, 1.54) is 17.1 Å². The summed E-state index contributed by atoms with van der Waals surface area (Å²) in [6, 6.07) is 0.557. The Morgan fingerprint density at radius 1 is 1.35 bits per heavy atom. The van der Waals surface area contributed by atoms with Crippen LogP contribution in [0.15, 0.2) is 5.38 Å². The van der Waals surface area contributed by atoms with E-state index in [9.17, 15) is 0 Å². The van der Waals surface area contributed by atoms with Crippen LogP contribution in [0.2, 0.25) is 0 Å². The Kier molecular flexibility index (Phi) is 5.14. The monoisotopic (exact) mass is 254 g/mol. The van der Waals surface area contributed by atoms with Gasteiger partial charge in [-0.3, -0.25) is 0 Å². The Hall–Kier alpha value is -0.410. The second-order valence-electron chi connectivity index (χ2n) is 5.93. The van der Waals surface area contributed by atoms with Gasteiger partial charge < -0.3 is 5.32 Å². The van der Waals surface area contributed by atoms with Gasteiger partial charge in [0.25, 0.3) is 0 Å². The highest BCUT2D eigenvalue weighted by Gasteiger charge is 2.17. The minimum absolute atomic E-state index is 0.164. The topological polar surface area (TPSA) is 24.9 Å². The average molecular weight is 254 g/mol. The molecular formula is C14H26N2S. The second-order valence-corrected chi connectivity index (χ2v) is 6.87. The number of rotatable bonds is 5. The highest BCUT2D eigenvalue weighted by atomic mass is 32.1. The molecule has 0 aliphatic heterocycles. The van der Waals surface area contributed by atoms with E-state index in [0.717, 1.165) is 12.5 Å². The maximum Gasteiger partial charge on any atom is 0.107 e. The van der Waals surface area contributed by atoms with Crippen LogP contribution in [0.5, 0.6) is 0 Å². The summed E-state index contributed by atoms with van der Waals surface area (Å²) in [4.78, 5) is 4.69. The molecule has 3 heteroatoms. The van der Waals surface area contributed by atoms with Crippen LogP contribution in [0.25, 0.3) is 0 Å². The van der Waals surface area contributed by atoms with Gasteiger partial charge in [0.15, 0.2) is 0 Å². The summed E-state index contributed by atoms with van der Waals surface area (Å²) in [7, 11) is 0. The Morgan fingerprint density at radius 2 is 2.00 bits per heavy atom. The number of thiazole rings is 1. The molecule has 1 heterocycles. The van der Waals surface area contributed by atoms with Crippen molar-refractivity contribution in [3.63, 3.8) is 0 Å². The van der Waals surface area contributed by atoms with Crippen LogP contribution in [0.4, 0.5) is 0 Å². The molecule has 2 atom stereocenters. The summed E-state index contributed by atoms with van der Waals surface area (Å²) >= 11 is 1.76. The van der Waals surface area contributed by atoms with Gasteiger partial charge in [0.2, 0.25) is 0 Å². The molecule has 2 nitrogen and oxygen atoms in total. The smallest absolute Gasteiger partial charge is 0.107 e. The van der Waals surface area contributed by atoms with Gasteiger partial charge in [0.1, 0.15) is 5.01 Å². The Morgan fingerprint density at radius 3 is 2.47 bits per heavy atom. The zero-order chi connectivity index (χ0) is 13.1. The predicted molar refractivity (Wildman–Crippen MR) is 76.6 cm³/mol. The van der Waals surface area contributed by atoms with Gasteiger partial charge in [-0.2, -0.15) is 0 Å². The predicted octanol–water partition coefficient (Wildman–Crippen LogP) is 3.96. The van der Waals surface area contributed by atoms with Crippen molar-refractivity contribution in [1.82, 2.24) is 10.3 Å². The van der Waals surface area contributed by atoms with E-state index in [2.05, 4.69) is 52.2 Å². The summed E-state index contributed by atoms with van der Waals surface area (Å²) in [5, 5.41) is 6.95. The second kappa shape index (κ2) is 5.96. The molecule has 0 saturated carbocycles. The average Bonchev–Trinajstić information content (AvgIpc) is 2.72. The molecule has 0 bridgehead atoms. The van der Waals surface area contributed by atoms with Gasteiger partial charge in [-0.05, 0) is 12.8 Å². The number of hydrogen-bond donors (Lipinski definition) is 1. The lowest BCUT2D eigenvalue weighted by Crippen LogP contribution is -2.31. The largest absolute Gasteiger partial charge is 0.308 e. The zero-order valence-electron chi connectivity index (χ0n) is 12.0. The number of nitrogens with zero attached hydrogens (tertiary/aromatic N) is 1. The molecule has 0 aliphatic carbocycles. The van der Waals surface area contributed by atoms with Crippen LogP contribution >= 0.6 is 11.3 Å². The highest BCUT2D eigenvalue weighted by Crippen LogP contribution is 2.23. The van der Waals surface area contributed by atoms with Crippen LogP contribution in [0, 0.1) is 5.92 Å². The first-order chi connectivity index (χ1) is 7.84. The normalized spacial score (nSPS) is 15.9. The Bertz CT molecular complexity index is 338. The van der Waals surface area contributed by atoms with Gasteiger partial charge in [0, 0.05) is 23.4 Å². The van der Waals surface area contributed by atoms with Gasteiger partial charge in [-0.25, -0.2) is 4.98 Å². The molecule has 0 saturated heterocycles. The van der Waals surface area contributed by atoms with Crippen molar-refractivity contribution < 1.29 is 0 Å². The lowest BCUT2D eigenvalue weighted by molar-refractivity contribution is 0.389. The number of nitrogens with one attached hydrogen (secondary N) is 1. The lowest BCUT2D eigenvalue weighted by Gasteiger charge is -2.19. The van der Waals surface area contributed by atoms with Crippen LogP contribution in [-0.4, -0.2) is 11.0 Å². The molecular weight excluding hydrogens is 228 g/mol. The summed E-state index contributed by atoms with van der Waals surface area (Å²) < 4.78 is 0. The van der Waals surface area contributed by atoms with Crippen molar-refractivity contribution in [1.29, 1.82) is 0 Å². The Balaban J connectivity index is 2.51. The van der Waals surface area contributed by atoms with E-state index >= 15 is 0 Å². The summed E-state index contributed by atoms with van der Waals surface area (Å²) in [5.74, 6) is 0.719. The standard InChI is InChI=1S/C14H26N2S/c1-7-10(2)11(3)15-8-13-16-12(9-17-13)14(4,5)6/h9-11,15H,7-8H2,1-6H3. The maximum absolute atomic E-state index is 4.69. The first kappa shape index (κ1) is 14.7. The molecule has 0 fully saturated rings. The number of aromatic nitrogens is 1. The molecule has 0 amide bonds. The minimum Gasteiger partial charge on any atom is -0.308 e. The van der Waals surface area contributed by atoms with Crippen molar-refractivity contribution in [2.45, 2.75) is 66.0 Å². The van der Waals surface area contributed by atoms with Crippen LogP contribution < -0.4 is 5.32 Å². The molecule has 0 radical (unpaired) electrons. The van der Waals surface area contributed by atoms with Crippen LogP contribution in [0.1, 0.15) is 58.7 Å². The molecule has 0 spiro atoms. The van der Waals surface area contributed by atoms with Crippen LogP contribution in [0.3, 0.4) is 0 Å². The fraction of sp³-hybridized carbons (Fsp3) is 0.786. The van der Waals surface area contributed by atoms with Crippen molar-refractivity contribution in [2.75, 3.05) is 0 Å². The quantitative estimate of drug-likeness (QED) is 0.860. The van der Waals surface area contributed by atoms with E-state index < -0.39 is 0 Å². The first-order valence-electron chi connectivity index (χ1n) is 6.52. The SMILES string of the molecule is CCC(C)C(C)NCc1nc(C(C)(C)C)cs1. The van der Waals surface area contributed by atoms with E-state index in [4.69, 9.17) is 4.98 Å². The molecule has 1 aromatic rings. The summed E-state index contributed by atoms with van der Waals surface area (Å²) in [5.41, 5.74) is 1.37.